The highest BCUT2D eigenvalue weighted by Gasteiger charge is 2.23. The summed E-state index contributed by atoms with van der Waals surface area (Å²) in [7, 11) is 0. The zero-order valence-corrected chi connectivity index (χ0v) is 11.8. The lowest BCUT2D eigenvalue weighted by atomic mass is 9.85. The molecule has 0 aromatic heterocycles. The van der Waals surface area contributed by atoms with Gasteiger partial charge in [0.25, 0.3) is 0 Å². The second kappa shape index (κ2) is 6.47. The lowest BCUT2D eigenvalue weighted by molar-refractivity contribution is 0.261. The van der Waals surface area contributed by atoms with Crippen LogP contribution >= 0.6 is 0 Å². The summed E-state index contributed by atoms with van der Waals surface area (Å²) in [4.78, 5) is 0. The molecule has 1 aliphatic rings. The second-order valence-corrected chi connectivity index (χ2v) is 5.84. The average molecular weight is 267 g/mol. The van der Waals surface area contributed by atoms with Crippen molar-refractivity contribution in [1.82, 2.24) is 5.32 Å². The first-order chi connectivity index (χ1) is 9.08. The summed E-state index contributed by atoms with van der Waals surface area (Å²) in [6, 6.07) is 4.65. The van der Waals surface area contributed by atoms with Crippen molar-refractivity contribution >= 4 is 0 Å². The first-order valence-corrected chi connectivity index (χ1v) is 7.27. The summed E-state index contributed by atoms with van der Waals surface area (Å²) in [6.45, 7) is 4.26. The van der Waals surface area contributed by atoms with Crippen LogP contribution < -0.4 is 5.32 Å². The van der Waals surface area contributed by atoms with Gasteiger partial charge < -0.3 is 5.32 Å². The Morgan fingerprint density at radius 3 is 2.47 bits per heavy atom. The predicted octanol–water partition coefficient (Wildman–Crippen LogP) is 4.06. The van der Waals surface area contributed by atoms with Crippen LogP contribution in [0.2, 0.25) is 0 Å². The minimum Gasteiger partial charge on any atom is -0.311 e. The summed E-state index contributed by atoms with van der Waals surface area (Å²) in [5.41, 5.74) is 0.200. The number of hydrogen-bond donors (Lipinski definition) is 1. The highest BCUT2D eigenvalue weighted by atomic mass is 19.1. The Bertz CT molecular complexity index is 399. The van der Waals surface area contributed by atoms with E-state index in [2.05, 4.69) is 12.2 Å². The molecule has 0 bridgehead atoms. The highest BCUT2D eigenvalue weighted by molar-refractivity contribution is 5.20. The van der Waals surface area contributed by atoms with Crippen molar-refractivity contribution in [3.63, 3.8) is 0 Å². The molecule has 3 atom stereocenters. The van der Waals surface area contributed by atoms with Crippen molar-refractivity contribution in [3.8, 4) is 0 Å². The normalized spacial score (nSPS) is 25.3. The van der Waals surface area contributed by atoms with Crippen molar-refractivity contribution in [2.45, 2.75) is 58.0 Å². The molecule has 1 saturated carbocycles. The van der Waals surface area contributed by atoms with Crippen molar-refractivity contribution in [2.75, 3.05) is 0 Å². The molecule has 1 aromatic rings. The first kappa shape index (κ1) is 14.4. The summed E-state index contributed by atoms with van der Waals surface area (Å²) < 4.78 is 27.2. The molecular formula is C16H23F2N. The Balaban J connectivity index is 1.95. The van der Waals surface area contributed by atoms with E-state index in [0.717, 1.165) is 0 Å². The van der Waals surface area contributed by atoms with Gasteiger partial charge in [-0.3, -0.25) is 0 Å². The van der Waals surface area contributed by atoms with Crippen LogP contribution in [0.3, 0.4) is 0 Å². The SMILES string of the molecule is CC(Cc1c(F)cccc1F)NC1CCCCC1C. The van der Waals surface area contributed by atoms with E-state index in [0.29, 0.717) is 18.4 Å². The maximum Gasteiger partial charge on any atom is 0.129 e. The van der Waals surface area contributed by atoms with Crippen LogP contribution in [0.25, 0.3) is 0 Å². The Hall–Kier alpha value is -0.960. The molecule has 1 aliphatic carbocycles. The van der Waals surface area contributed by atoms with Gasteiger partial charge in [-0.05, 0) is 44.2 Å². The van der Waals surface area contributed by atoms with Crippen LogP contribution in [0, 0.1) is 17.6 Å². The summed E-state index contributed by atoms with van der Waals surface area (Å²) >= 11 is 0. The molecule has 3 unspecified atom stereocenters. The molecule has 106 valence electrons. The lowest BCUT2D eigenvalue weighted by Crippen LogP contribution is -2.43. The van der Waals surface area contributed by atoms with Gasteiger partial charge in [0.1, 0.15) is 11.6 Å². The van der Waals surface area contributed by atoms with Gasteiger partial charge in [0, 0.05) is 17.6 Å². The fraction of sp³-hybridized carbons (Fsp3) is 0.625. The first-order valence-electron chi connectivity index (χ1n) is 7.27. The molecule has 1 nitrogen and oxygen atoms in total. The molecule has 0 radical (unpaired) electrons. The largest absolute Gasteiger partial charge is 0.311 e. The monoisotopic (exact) mass is 267 g/mol. The van der Waals surface area contributed by atoms with Crippen molar-refractivity contribution in [2.24, 2.45) is 5.92 Å². The van der Waals surface area contributed by atoms with E-state index in [-0.39, 0.29) is 11.6 Å². The quantitative estimate of drug-likeness (QED) is 0.867. The molecule has 0 spiro atoms. The van der Waals surface area contributed by atoms with E-state index < -0.39 is 11.6 Å². The summed E-state index contributed by atoms with van der Waals surface area (Å²) in [5.74, 6) is -0.225. The van der Waals surface area contributed by atoms with Crippen LogP contribution in [0.4, 0.5) is 8.78 Å². The van der Waals surface area contributed by atoms with Gasteiger partial charge in [-0.25, -0.2) is 8.78 Å². The van der Waals surface area contributed by atoms with E-state index in [1.54, 1.807) is 0 Å². The molecule has 1 N–H and O–H groups in total. The molecule has 0 saturated heterocycles. The van der Waals surface area contributed by atoms with Gasteiger partial charge in [-0.15, -0.1) is 0 Å². The van der Waals surface area contributed by atoms with Gasteiger partial charge in [0.2, 0.25) is 0 Å². The van der Waals surface area contributed by atoms with Crippen LogP contribution in [-0.2, 0) is 6.42 Å². The number of halogens is 2. The van der Waals surface area contributed by atoms with Gasteiger partial charge in [-0.1, -0.05) is 25.8 Å². The van der Waals surface area contributed by atoms with Crippen molar-refractivity contribution < 1.29 is 8.78 Å². The maximum atomic E-state index is 13.6. The Kier molecular flexibility index (Phi) is 4.92. The second-order valence-electron chi connectivity index (χ2n) is 5.84. The zero-order valence-electron chi connectivity index (χ0n) is 11.8. The molecule has 19 heavy (non-hydrogen) atoms. The standard InChI is InChI=1S/C16H23F2N/c1-11-6-3-4-9-16(11)19-12(2)10-13-14(17)7-5-8-15(13)18/h5,7-8,11-12,16,19H,3-4,6,9-10H2,1-2H3. The minimum atomic E-state index is -0.439. The van der Waals surface area contributed by atoms with E-state index >= 15 is 0 Å². The minimum absolute atomic E-state index is 0.0944. The maximum absolute atomic E-state index is 13.6. The third-order valence-corrected chi connectivity index (χ3v) is 4.18. The predicted molar refractivity (Wildman–Crippen MR) is 74.1 cm³/mol. The Labute approximate surface area is 114 Å². The fourth-order valence-electron chi connectivity index (χ4n) is 3.02. The van der Waals surface area contributed by atoms with Gasteiger partial charge in [0.05, 0.1) is 0 Å². The molecule has 1 fully saturated rings. The molecular weight excluding hydrogens is 244 g/mol. The topological polar surface area (TPSA) is 12.0 Å². The third kappa shape index (κ3) is 3.75. The van der Waals surface area contributed by atoms with Gasteiger partial charge in [-0.2, -0.15) is 0 Å². The average Bonchev–Trinajstić information content (AvgIpc) is 2.37. The molecule has 0 heterocycles. The van der Waals surface area contributed by atoms with Crippen molar-refractivity contribution in [1.29, 1.82) is 0 Å². The van der Waals surface area contributed by atoms with E-state index in [4.69, 9.17) is 0 Å². The van der Waals surface area contributed by atoms with Gasteiger partial charge in [0.15, 0.2) is 0 Å². The van der Waals surface area contributed by atoms with Crippen LogP contribution in [0.5, 0.6) is 0 Å². The lowest BCUT2D eigenvalue weighted by Gasteiger charge is -2.32. The fourth-order valence-corrected chi connectivity index (χ4v) is 3.02. The highest BCUT2D eigenvalue weighted by Crippen LogP contribution is 2.24. The van der Waals surface area contributed by atoms with Crippen LogP contribution in [-0.4, -0.2) is 12.1 Å². The van der Waals surface area contributed by atoms with Crippen molar-refractivity contribution in [3.05, 3.63) is 35.4 Å². The third-order valence-electron chi connectivity index (χ3n) is 4.18. The Morgan fingerprint density at radius 2 is 1.84 bits per heavy atom. The molecule has 3 heteroatoms. The molecule has 0 amide bonds. The number of hydrogen-bond acceptors (Lipinski definition) is 1. The number of nitrogens with one attached hydrogen (secondary N) is 1. The van der Waals surface area contributed by atoms with E-state index in [1.807, 2.05) is 6.92 Å². The Morgan fingerprint density at radius 1 is 1.21 bits per heavy atom. The summed E-state index contributed by atoms with van der Waals surface area (Å²) in [6.07, 6.45) is 5.38. The smallest absolute Gasteiger partial charge is 0.129 e. The van der Waals surface area contributed by atoms with Gasteiger partial charge >= 0.3 is 0 Å². The summed E-state index contributed by atoms with van der Waals surface area (Å²) in [5, 5.41) is 3.54. The van der Waals surface area contributed by atoms with Crippen LogP contribution in [0.1, 0.15) is 45.1 Å². The number of rotatable bonds is 4. The van der Waals surface area contributed by atoms with E-state index in [1.165, 1.54) is 43.9 Å². The molecule has 1 aromatic carbocycles. The van der Waals surface area contributed by atoms with E-state index in [9.17, 15) is 8.78 Å². The van der Waals surface area contributed by atoms with Crippen LogP contribution in [0.15, 0.2) is 18.2 Å². The number of benzene rings is 1. The molecule has 2 rings (SSSR count). The zero-order chi connectivity index (χ0) is 13.8. The molecule has 0 aliphatic heterocycles.